The van der Waals surface area contributed by atoms with Crippen LogP contribution in [0.1, 0.15) is 10.4 Å². The van der Waals surface area contributed by atoms with Gasteiger partial charge in [-0.25, -0.2) is 9.18 Å². The average molecular weight is 272 g/mol. The largest absolute Gasteiger partial charge is 0.480 e. The highest BCUT2D eigenvalue weighted by atomic mass is 19.1. The second-order valence-electron chi connectivity index (χ2n) is 3.47. The number of rotatable bonds is 5. The Morgan fingerprint density at radius 1 is 1.47 bits per heavy atom. The van der Waals surface area contributed by atoms with Gasteiger partial charge in [-0.05, 0) is 12.1 Å². The first-order valence-corrected chi connectivity index (χ1v) is 4.95. The molecular weight excluding hydrogens is 263 g/mol. The van der Waals surface area contributed by atoms with Gasteiger partial charge in [0.25, 0.3) is 11.6 Å². The smallest absolute Gasteiger partial charge is 0.328 e. The van der Waals surface area contributed by atoms with E-state index in [-0.39, 0.29) is 0 Å². The monoisotopic (exact) mass is 272 g/mol. The second kappa shape index (κ2) is 5.87. The molecule has 0 aliphatic carbocycles. The molecule has 0 aromatic heterocycles. The number of benzene rings is 1. The zero-order valence-electron chi connectivity index (χ0n) is 9.37. The molecule has 9 heteroatoms. The van der Waals surface area contributed by atoms with Gasteiger partial charge in [0.1, 0.15) is 11.4 Å². The van der Waals surface area contributed by atoms with Gasteiger partial charge in [0.05, 0.1) is 11.5 Å². The molecule has 0 spiro atoms. The number of amides is 1. The predicted octanol–water partition coefficient (Wildman–Crippen LogP) is -0.0908. The molecule has 0 radical (unpaired) electrons. The zero-order chi connectivity index (χ0) is 14.6. The summed E-state index contributed by atoms with van der Waals surface area (Å²) in [5, 5.41) is 29.9. The topological polar surface area (TPSA) is 130 Å². The Kier molecular flexibility index (Phi) is 4.48. The molecule has 0 fully saturated rings. The van der Waals surface area contributed by atoms with E-state index in [2.05, 4.69) is 0 Å². The summed E-state index contributed by atoms with van der Waals surface area (Å²) in [6.07, 6.45) is 0. The van der Waals surface area contributed by atoms with Gasteiger partial charge in [0.15, 0.2) is 6.04 Å². The van der Waals surface area contributed by atoms with Gasteiger partial charge in [0, 0.05) is 6.07 Å². The van der Waals surface area contributed by atoms with Crippen LogP contribution in [-0.2, 0) is 4.79 Å². The molecule has 3 N–H and O–H groups in total. The van der Waals surface area contributed by atoms with Crippen LogP contribution in [0.25, 0.3) is 0 Å². The number of nitro benzene ring substituents is 1. The highest BCUT2D eigenvalue weighted by molar-refractivity contribution is 6.00. The molecule has 1 aromatic rings. The van der Waals surface area contributed by atoms with Gasteiger partial charge in [-0.2, -0.15) is 0 Å². The van der Waals surface area contributed by atoms with Crippen LogP contribution < -0.4 is 5.32 Å². The number of carbonyl (C=O) groups excluding carboxylic acids is 1. The highest BCUT2D eigenvalue weighted by Gasteiger charge is 2.25. The standard InChI is InChI=1S/C10H9FN2O6/c11-5-1-2-8(13(18)19)6(3-5)9(15)12-7(4-14)10(16)17/h1-3,7,14H,4H2,(H,12,15)(H,16,17). The summed E-state index contributed by atoms with van der Waals surface area (Å²) in [7, 11) is 0. The fourth-order valence-electron chi connectivity index (χ4n) is 1.27. The summed E-state index contributed by atoms with van der Waals surface area (Å²) in [6.45, 7) is -0.899. The van der Waals surface area contributed by atoms with Gasteiger partial charge in [-0.3, -0.25) is 14.9 Å². The first kappa shape index (κ1) is 14.5. The molecule has 0 saturated heterocycles. The van der Waals surface area contributed by atoms with Gasteiger partial charge in [-0.15, -0.1) is 0 Å². The number of carboxylic acids is 1. The molecule has 0 aliphatic heterocycles. The van der Waals surface area contributed by atoms with E-state index in [4.69, 9.17) is 10.2 Å². The number of carbonyl (C=O) groups is 2. The number of nitrogens with one attached hydrogen (secondary N) is 1. The van der Waals surface area contributed by atoms with E-state index in [0.29, 0.717) is 6.07 Å². The van der Waals surface area contributed by atoms with E-state index in [1.807, 2.05) is 5.32 Å². The number of nitrogens with zero attached hydrogens (tertiary/aromatic N) is 1. The lowest BCUT2D eigenvalue weighted by Crippen LogP contribution is -2.43. The van der Waals surface area contributed by atoms with Crippen LogP contribution in [0.4, 0.5) is 10.1 Å². The number of aliphatic carboxylic acids is 1. The van der Waals surface area contributed by atoms with Crippen molar-refractivity contribution < 1.29 is 29.1 Å². The van der Waals surface area contributed by atoms with Crippen LogP contribution in [0.2, 0.25) is 0 Å². The van der Waals surface area contributed by atoms with Crippen molar-refractivity contribution in [3.63, 3.8) is 0 Å². The van der Waals surface area contributed by atoms with Gasteiger partial charge < -0.3 is 15.5 Å². The summed E-state index contributed by atoms with van der Waals surface area (Å²) >= 11 is 0. The van der Waals surface area contributed by atoms with Crippen molar-refractivity contribution in [1.29, 1.82) is 0 Å². The Morgan fingerprint density at radius 2 is 2.11 bits per heavy atom. The van der Waals surface area contributed by atoms with Crippen LogP contribution in [0.3, 0.4) is 0 Å². The average Bonchev–Trinajstić information content (AvgIpc) is 2.34. The molecule has 1 aromatic carbocycles. The maximum absolute atomic E-state index is 13.0. The van der Waals surface area contributed by atoms with Crippen LogP contribution in [0.5, 0.6) is 0 Å². The number of carboxylic acid groups (broad SMARTS) is 1. The zero-order valence-corrected chi connectivity index (χ0v) is 9.37. The minimum Gasteiger partial charge on any atom is -0.480 e. The lowest BCUT2D eigenvalue weighted by molar-refractivity contribution is -0.385. The lowest BCUT2D eigenvalue weighted by atomic mass is 10.1. The van der Waals surface area contributed by atoms with Crippen molar-refractivity contribution in [1.82, 2.24) is 5.32 Å². The van der Waals surface area contributed by atoms with Crippen LogP contribution in [-0.4, -0.2) is 39.7 Å². The van der Waals surface area contributed by atoms with E-state index < -0.39 is 46.5 Å². The second-order valence-corrected chi connectivity index (χ2v) is 3.47. The molecule has 1 rings (SSSR count). The number of hydrogen-bond acceptors (Lipinski definition) is 5. The van der Waals surface area contributed by atoms with Crippen LogP contribution >= 0.6 is 0 Å². The van der Waals surface area contributed by atoms with Crippen LogP contribution in [0.15, 0.2) is 18.2 Å². The highest BCUT2D eigenvalue weighted by Crippen LogP contribution is 2.19. The first-order chi connectivity index (χ1) is 8.86. The Labute approximate surface area is 105 Å². The van der Waals surface area contributed by atoms with Crippen molar-refractivity contribution in [2.75, 3.05) is 6.61 Å². The van der Waals surface area contributed by atoms with Gasteiger partial charge in [0.2, 0.25) is 0 Å². The Morgan fingerprint density at radius 3 is 2.58 bits per heavy atom. The van der Waals surface area contributed by atoms with E-state index in [9.17, 15) is 24.1 Å². The van der Waals surface area contributed by atoms with E-state index in [1.54, 1.807) is 0 Å². The minimum atomic E-state index is -1.63. The number of aliphatic hydroxyl groups is 1. The molecule has 0 saturated carbocycles. The van der Waals surface area contributed by atoms with Gasteiger partial charge in [-0.1, -0.05) is 0 Å². The molecule has 0 aliphatic rings. The summed E-state index contributed by atoms with van der Waals surface area (Å²) in [5.41, 5.74) is -1.29. The molecule has 1 unspecified atom stereocenters. The third-order valence-electron chi connectivity index (χ3n) is 2.19. The normalized spacial score (nSPS) is 11.7. The van der Waals surface area contributed by atoms with Gasteiger partial charge >= 0.3 is 5.97 Å². The molecule has 1 atom stereocenters. The number of aliphatic hydroxyl groups excluding tert-OH is 1. The third-order valence-corrected chi connectivity index (χ3v) is 2.19. The van der Waals surface area contributed by atoms with Crippen molar-refractivity contribution in [3.05, 3.63) is 39.7 Å². The fourth-order valence-corrected chi connectivity index (χ4v) is 1.27. The Hall–Kier alpha value is -2.55. The molecule has 19 heavy (non-hydrogen) atoms. The van der Waals surface area contributed by atoms with Crippen molar-refractivity contribution >= 4 is 17.6 Å². The number of halogens is 1. The summed E-state index contributed by atoms with van der Waals surface area (Å²) in [6, 6.07) is 0.577. The molecule has 0 heterocycles. The molecule has 102 valence electrons. The van der Waals surface area contributed by atoms with Crippen molar-refractivity contribution in [2.45, 2.75) is 6.04 Å². The van der Waals surface area contributed by atoms with Crippen molar-refractivity contribution in [2.24, 2.45) is 0 Å². The van der Waals surface area contributed by atoms with E-state index in [0.717, 1.165) is 12.1 Å². The maximum Gasteiger partial charge on any atom is 0.328 e. The van der Waals surface area contributed by atoms with E-state index in [1.165, 1.54) is 0 Å². The predicted molar refractivity (Wildman–Crippen MR) is 59.0 cm³/mol. The maximum atomic E-state index is 13.0. The minimum absolute atomic E-state index is 0.615. The summed E-state index contributed by atoms with van der Waals surface area (Å²) in [4.78, 5) is 32.0. The molecule has 1 amide bonds. The molecule has 8 nitrogen and oxygen atoms in total. The quantitative estimate of drug-likeness (QED) is 0.507. The van der Waals surface area contributed by atoms with Crippen LogP contribution in [0, 0.1) is 15.9 Å². The molecular formula is C10H9FN2O6. The number of nitro groups is 1. The Balaban J connectivity index is 3.08. The molecule has 0 bridgehead atoms. The van der Waals surface area contributed by atoms with E-state index >= 15 is 0 Å². The fraction of sp³-hybridized carbons (Fsp3) is 0.200. The lowest BCUT2D eigenvalue weighted by Gasteiger charge is -2.11. The summed E-state index contributed by atoms with van der Waals surface area (Å²) in [5.74, 6) is -3.56. The third kappa shape index (κ3) is 3.45. The SMILES string of the molecule is O=C(NC(CO)C(=O)O)c1cc(F)ccc1[N+](=O)[O-]. The number of hydrogen-bond donors (Lipinski definition) is 3. The summed E-state index contributed by atoms with van der Waals surface area (Å²) < 4.78 is 13.0. The Bertz CT molecular complexity index is 533. The van der Waals surface area contributed by atoms with Crippen molar-refractivity contribution in [3.8, 4) is 0 Å². The first-order valence-electron chi connectivity index (χ1n) is 4.95.